The smallest absolute Gasteiger partial charge is 0.244 e. The molecule has 0 unspecified atom stereocenters. The third-order valence-electron chi connectivity index (χ3n) is 4.81. The first-order valence-electron chi connectivity index (χ1n) is 8.46. The highest BCUT2D eigenvalue weighted by atomic mass is 79.9. The summed E-state index contributed by atoms with van der Waals surface area (Å²) >= 11 is 3.45. The van der Waals surface area contributed by atoms with Crippen molar-refractivity contribution in [2.24, 2.45) is 0 Å². The molecule has 0 amide bonds. The second-order valence-corrected chi connectivity index (χ2v) is 9.32. The standard InChI is InChI=1S/C20H19BrN2O2S/c1-15-4-10-18(11-5-15)26(24,25)23-14-13-22-12-2-3-19(22)20(23)16-6-8-17(21)9-7-16/h2-12,20H,13-14H2,1H3/t20-/m0/s1. The third kappa shape index (κ3) is 3.02. The van der Waals surface area contributed by atoms with Gasteiger partial charge in [-0.15, -0.1) is 0 Å². The van der Waals surface area contributed by atoms with E-state index < -0.39 is 10.0 Å². The lowest BCUT2D eigenvalue weighted by molar-refractivity contribution is 0.298. The van der Waals surface area contributed by atoms with E-state index in [1.807, 2.05) is 61.7 Å². The van der Waals surface area contributed by atoms with Gasteiger partial charge in [-0.1, -0.05) is 45.8 Å². The van der Waals surface area contributed by atoms with Crippen LogP contribution >= 0.6 is 15.9 Å². The van der Waals surface area contributed by atoms with Crippen LogP contribution in [0.5, 0.6) is 0 Å². The van der Waals surface area contributed by atoms with Crippen molar-refractivity contribution < 1.29 is 8.42 Å². The van der Waals surface area contributed by atoms with Gasteiger partial charge in [0, 0.05) is 29.5 Å². The van der Waals surface area contributed by atoms with Crippen molar-refractivity contribution in [2.75, 3.05) is 6.54 Å². The van der Waals surface area contributed by atoms with E-state index >= 15 is 0 Å². The first kappa shape index (κ1) is 17.5. The molecule has 2 heterocycles. The Balaban J connectivity index is 1.83. The van der Waals surface area contributed by atoms with Crippen LogP contribution in [0.4, 0.5) is 0 Å². The van der Waals surface area contributed by atoms with E-state index in [0.29, 0.717) is 18.0 Å². The van der Waals surface area contributed by atoms with E-state index in [0.717, 1.165) is 21.3 Å². The van der Waals surface area contributed by atoms with Crippen molar-refractivity contribution in [3.05, 3.63) is 88.2 Å². The molecule has 26 heavy (non-hydrogen) atoms. The summed E-state index contributed by atoms with van der Waals surface area (Å²) in [5.41, 5.74) is 3.00. The molecule has 4 nitrogen and oxygen atoms in total. The van der Waals surface area contributed by atoms with Gasteiger partial charge in [-0.25, -0.2) is 8.42 Å². The van der Waals surface area contributed by atoms with Gasteiger partial charge in [0.15, 0.2) is 0 Å². The summed E-state index contributed by atoms with van der Waals surface area (Å²) < 4.78 is 31.5. The molecule has 2 aromatic carbocycles. The highest BCUT2D eigenvalue weighted by Gasteiger charge is 2.37. The number of fused-ring (bicyclic) bond motifs is 1. The second kappa shape index (κ2) is 6.68. The van der Waals surface area contributed by atoms with Crippen LogP contribution < -0.4 is 0 Å². The van der Waals surface area contributed by atoms with Crippen LogP contribution in [0, 0.1) is 6.92 Å². The fourth-order valence-electron chi connectivity index (χ4n) is 3.45. The van der Waals surface area contributed by atoms with E-state index in [1.165, 1.54) is 0 Å². The molecule has 0 N–H and O–H groups in total. The summed E-state index contributed by atoms with van der Waals surface area (Å²) in [5, 5.41) is 0. The number of hydrogen-bond donors (Lipinski definition) is 0. The molecular weight excluding hydrogens is 412 g/mol. The summed E-state index contributed by atoms with van der Waals surface area (Å²) in [6, 6.07) is 18.6. The molecule has 4 rings (SSSR count). The number of benzene rings is 2. The second-order valence-electron chi connectivity index (χ2n) is 6.51. The molecule has 0 fully saturated rings. The highest BCUT2D eigenvalue weighted by Crippen LogP contribution is 2.36. The van der Waals surface area contributed by atoms with E-state index in [2.05, 4.69) is 20.5 Å². The van der Waals surface area contributed by atoms with Gasteiger partial charge < -0.3 is 4.57 Å². The molecule has 0 saturated carbocycles. The lowest BCUT2D eigenvalue weighted by Crippen LogP contribution is -2.42. The monoisotopic (exact) mass is 430 g/mol. The topological polar surface area (TPSA) is 42.3 Å². The molecule has 1 atom stereocenters. The van der Waals surface area contributed by atoms with Crippen LogP contribution in [-0.4, -0.2) is 23.8 Å². The van der Waals surface area contributed by atoms with Gasteiger partial charge >= 0.3 is 0 Å². The SMILES string of the molecule is Cc1ccc(S(=O)(=O)N2CCn3cccc3[C@@H]2c2ccc(Br)cc2)cc1. The quantitative estimate of drug-likeness (QED) is 0.619. The minimum atomic E-state index is -3.60. The fraction of sp³-hybridized carbons (Fsp3) is 0.200. The van der Waals surface area contributed by atoms with Crippen molar-refractivity contribution in [1.82, 2.24) is 8.87 Å². The van der Waals surface area contributed by atoms with Crippen molar-refractivity contribution in [2.45, 2.75) is 24.4 Å². The van der Waals surface area contributed by atoms with Crippen LogP contribution in [0.1, 0.15) is 22.9 Å². The number of aromatic nitrogens is 1. The fourth-order valence-corrected chi connectivity index (χ4v) is 5.29. The van der Waals surface area contributed by atoms with Gasteiger partial charge in [-0.3, -0.25) is 0 Å². The minimum absolute atomic E-state index is 0.335. The zero-order valence-electron chi connectivity index (χ0n) is 14.3. The number of sulfonamides is 1. The summed E-state index contributed by atoms with van der Waals surface area (Å²) in [4.78, 5) is 0.338. The molecule has 134 valence electrons. The maximum atomic E-state index is 13.4. The molecule has 0 radical (unpaired) electrons. The minimum Gasteiger partial charge on any atom is -0.348 e. The van der Waals surface area contributed by atoms with Crippen LogP contribution in [0.25, 0.3) is 0 Å². The van der Waals surface area contributed by atoms with Gasteiger partial charge in [-0.05, 0) is 48.9 Å². The Morgan fingerprint density at radius 3 is 2.35 bits per heavy atom. The number of hydrogen-bond acceptors (Lipinski definition) is 2. The predicted octanol–water partition coefficient (Wildman–Crippen LogP) is 4.35. The Kier molecular flexibility index (Phi) is 4.50. The average molecular weight is 431 g/mol. The Morgan fingerprint density at radius 1 is 0.962 bits per heavy atom. The van der Waals surface area contributed by atoms with Crippen LogP contribution in [0.15, 0.2) is 76.2 Å². The largest absolute Gasteiger partial charge is 0.348 e. The van der Waals surface area contributed by atoms with Gasteiger partial charge in [0.1, 0.15) is 0 Å². The first-order chi connectivity index (χ1) is 12.5. The summed E-state index contributed by atoms with van der Waals surface area (Å²) in [6.07, 6.45) is 2.01. The Hall–Kier alpha value is -1.89. The highest BCUT2D eigenvalue weighted by molar-refractivity contribution is 9.10. The molecule has 0 bridgehead atoms. The van der Waals surface area contributed by atoms with Crippen LogP contribution in [0.3, 0.4) is 0 Å². The molecular formula is C20H19BrN2O2S. The molecule has 1 aliphatic rings. The lowest BCUT2D eigenvalue weighted by atomic mass is 10.0. The molecule has 3 aromatic rings. The third-order valence-corrected chi connectivity index (χ3v) is 7.21. The molecule has 6 heteroatoms. The van der Waals surface area contributed by atoms with E-state index in [-0.39, 0.29) is 6.04 Å². The number of halogens is 1. The first-order valence-corrected chi connectivity index (χ1v) is 10.7. The molecule has 0 saturated heterocycles. The maximum absolute atomic E-state index is 13.4. The van der Waals surface area contributed by atoms with Crippen molar-refractivity contribution in [1.29, 1.82) is 0 Å². The molecule has 1 aromatic heterocycles. The molecule has 0 spiro atoms. The van der Waals surface area contributed by atoms with Crippen LogP contribution in [0.2, 0.25) is 0 Å². The molecule has 1 aliphatic heterocycles. The van der Waals surface area contributed by atoms with Crippen molar-refractivity contribution >= 4 is 26.0 Å². The number of rotatable bonds is 3. The van der Waals surface area contributed by atoms with Gasteiger partial charge in [0.25, 0.3) is 0 Å². The van der Waals surface area contributed by atoms with Crippen LogP contribution in [-0.2, 0) is 16.6 Å². The van der Waals surface area contributed by atoms with Gasteiger partial charge in [-0.2, -0.15) is 4.31 Å². The zero-order valence-corrected chi connectivity index (χ0v) is 16.7. The van der Waals surface area contributed by atoms with E-state index in [1.54, 1.807) is 16.4 Å². The van der Waals surface area contributed by atoms with E-state index in [9.17, 15) is 8.42 Å². The Labute approximate surface area is 162 Å². The normalized spacial score (nSPS) is 17.8. The lowest BCUT2D eigenvalue weighted by Gasteiger charge is -2.36. The maximum Gasteiger partial charge on any atom is 0.244 e. The molecule has 0 aliphatic carbocycles. The van der Waals surface area contributed by atoms with Gasteiger partial charge in [0.2, 0.25) is 10.0 Å². The Bertz CT molecular complexity index is 1020. The van der Waals surface area contributed by atoms with Crippen molar-refractivity contribution in [3.8, 4) is 0 Å². The summed E-state index contributed by atoms with van der Waals surface area (Å²) in [5.74, 6) is 0. The number of aryl methyl sites for hydroxylation is 1. The number of nitrogens with zero attached hydrogens (tertiary/aromatic N) is 2. The summed E-state index contributed by atoms with van der Waals surface area (Å²) in [6.45, 7) is 3.05. The average Bonchev–Trinajstić information content (AvgIpc) is 3.11. The zero-order chi connectivity index (χ0) is 18.3. The van der Waals surface area contributed by atoms with Crippen molar-refractivity contribution in [3.63, 3.8) is 0 Å². The summed E-state index contributed by atoms with van der Waals surface area (Å²) in [7, 11) is -3.60. The Morgan fingerprint density at radius 2 is 1.65 bits per heavy atom. The van der Waals surface area contributed by atoms with Gasteiger partial charge in [0.05, 0.1) is 10.9 Å². The predicted molar refractivity (Wildman–Crippen MR) is 105 cm³/mol. The van der Waals surface area contributed by atoms with E-state index in [4.69, 9.17) is 0 Å².